The zero-order chi connectivity index (χ0) is 19.6. The van der Waals surface area contributed by atoms with Crippen LogP contribution >= 0.6 is 0 Å². The van der Waals surface area contributed by atoms with Crippen LogP contribution in [0, 0.1) is 0 Å². The molecule has 7 nitrogen and oxygen atoms in total. The highest BCUT2D eigenvalue weighted by Gasteiger charge is 2.29. The van der Waals surface area contributed by atoms with E-state index in [-0.39, 0.29) is 17.7 Å². The van der Waals surface area contributed by atoms with Gasteiger partial charge in [0.25, 0.3) is 5.91 Å². The third-order valence-electron chi connectivity index (χ3n) is 5.43. The van der Waals surface area contributed by atoms with E-state index < -0.39 is 10.0 Å². The second-order valence-corrected chi connectivity index (χ2v) is 9.29. The summed E-state index contributed by atoms with van der Waals surface area (Å²) < 4.78 is 31.1. The second-order valence-electron chi connectivity index (χ2n) is 7.27. The maximum Gasteiger partial charge on any atom is 0.251 e. The van der Waals surface area contributed by atoms with Crippen molar-refractivity contribution in [1.82, 2.24) is 10.2 Å². The van der Waals surface area contributed by atoms with Gasteiger partial charge in [0, 0.05) is 18.7 Å². The summed E-state index contributed by atoms with van der Waals surface area (Å²) in [5.41, 5.74) is 1.12. The molecule has 8 heteroatoms. The molecular weight excluding hydrogens is 378 g/mol. The van der Waals surface area contributed by atoms with E-state index in [0.717, 1.165) is 31.7 Å². The summed E-state index contributed by atoms with van der Waals surface area (Å²) in [6.45, 7) is 2.96. The van der Waals surface area contributed by atoms with Gasteiger partial charge in [-0.2, -0.15) is 0 Å². The molecule has 150 valence electrons. The molecule has 0 aliphatic carbocycles. The first-order valence-electron chi connectivity index (χ1n) is 9.71. The van der Waals surface area contributed by atoms with Gasteiger partial charge in [-0.1, -0.05) is 0 Å². The summed E-state index contributed by atoms with van der Waals surface area (Å²) in [6.07, 6.45) is 4.61. The quantitative estimate of drug-likeness (QED) is 0.801. The van der Waals surface area contributed by atoms with Crippen LogP contribution in [0.5, 0.6) is 0 Å². The Balaban J connectivity index is 1.41. The molecular formula is C20H25N3O4S. The highest BCUT2D eigenvalue weighted by Crippen LogP contribution is 2.26. The Hall–Kier alpha value is -2.32. The summed E-state index contributed by atoms with van der Waals surface area (Å²) in [6, 6.07) is 10.6. The molecule has 1 N–H and O–H groups in total. The number of hydrogen-bond donors (Lipinski definition) is 1. The smallest absolute Gasteiger partial charge is 0.251 e. The van der Waals surface area contributed by atoms with Crippen LogP contribution < -0.4 is 9.62 Å². The number of furan rings is 1. The van der Waals surface area contributed by atoms with E-state index in [1.807, 2.05) is 12.1 Å². The Morgan fingerprint density at radius 1 is 1.07 bits per heavy atom. The standard InChI is InChI=1S/C20H25N3O4S/c24-20(16-6-8-17(9-7-16)23-12-4-14-28(23,25)26)21-15-18(19-5-3-13-27-19)22-10-1-2-11-22/h3,5-9,13,18H,1-2,4,10-12,14-15H2,(H,21,24)/t18-/m0/s1. The molecule has 2 aliphatic rings. The number of rotatable bonds is 6. The van der Waals surface area contributed by atoms with Crippen LogP contribution in [0.15, 0.2) is 47.1 Å². The maximum absolute atomic E-state index is 12.6. The van der Waals surface area contributed by atoms with Gasteiger partial charge in [0.15, 0.2) is 0 Å². The number of anilines is 1. The highest BCUT2D eigenvalue weighted by molar-refractivity contribution is 7.93. The lowest BCUT2D eigenvalue weighted by Gasteiger charge is -2.26. The maximum atomic E-state index is 12.6. The molecule has 0 saturated carbocycles. The third kappa shape index (κ3) is 3.93. The fourth-order valence-electron chi connectivity index (χ4n) is 3.94. The Labute approximate surface area is 165 Å². The van der Waals surface area contributed by atoms with Crippen molar-refractivity contribution in [3.8, 4) is 0 Å². The molecule has 0 bridgehead atoms. The van der Waals surface area contributed by atoms with Gasteiger partial charge in [-0.3, -0.25) is 14.0 Å². The molecule has 2 fully saturated rings. The summed E-state index contributed by atoms with van der Waals surface area (Å²) in [5.74, 6) is 0.864. The van der Waals surface area contributed by atoms with Crippen LogP contribution in [-0.2, 0) is 10.0 Å². The van der Waals surface area contributed by atoms with Crippen LogP contribution in [0.4, 0.5) is 5.69 Å². The van der Waals surface area contributed by atoms with E-state index in [9.17, 15) is 13.2 Å². The van der Waals surface area contributed by atoms with Crippen molar-refractivity contribution in [2.75, 3.05) is 36.2 Å². The van der Waals surface area contributed by atoms with E-state index in [1.54, 1.807) is 30.5 Å². The molecule has 0 radical (unpaired) electrons. The van der Waals surface area contributed by atoms with Crippen LogP contribution in [0.3, 0.4) is 0 Å². The number of nitrogens with one attached hydrogen (secondary N) is 1. The molecule has 2 aromatic rings. The van der Waals surface area contributed by atoms with Crippen molar-refractivity contribution in [2.45, 2.75) is 25.3 Å². The first-order valence-corrected chi connectivity index (χ1v) is 11.3. The van der Waals surface area contributed by atoms with E-state index in [4.69, 9.17) is 4.42 Å². The molecule has 0 spiro atoms. The minimum atomic E-state index is -3.21. The molecule has 2 aliphatic heterocycles. The Morgan fingerprint density at radius 3 is 2.43 bits per heavy atom. The number of sulfonamides is 1. The first kappa shape index (κ1) is 19.0. The first-order chi connectivity index (χ1) is 13.5. The van der Waals surface area contributed by atoms with Gasteiger partial charge in [-0.25, -0.2) is 8.42 Å². The lowest BCUT2D eigenvalue weighted by Crippen LogP contribution is -2.36. The monoisotopic (exact) mass is 403 g/mol. The molecule has 1 atom stereocenters. The number of carbonyl (C=O) groups excluding carboxylic acids is 1. The van der Waals surface area contributed by atoms with Gasteiger partial charge in [0.1, 0.15) is 5.76 Å². The van der Waals surface area contributed by atoms with Crippen LogP contribution in [0.1, 0.15) is 41.4 Å². The lowest BCUT2D eigenvalue weighted by atomic mass is 10.1. The normalized spacial score (nSPS) is 20.4. The fourth-order valence-corrected chi connectivity index (χ4v) is 5.51. The van der Waals surface area contributed by atoms with Crippen molar-refractivity contribution in [1.29, 1.82) is 0 Å². The van der Waals surface area contributed by atoms with Crippen LogP contribution in [0.25, 0.3) is 0 Å². The zero-order valence-electron chi connectivity index (χ0n) is 15.7. The average Bonchev–Trinajstić information content (AvgIpc) is 3.44. The minimum Gasteiger partial charge on any atom is -0.468 e. The van der Waals surface area contributed by atoms with E-state index in [0.29, 0.717) is 30.8 Å². The average molecular weight is 404 g/mol. The van der Waals surface area contributed by atoms with Gasteiger partial charge in [-0.05, 0) is 68.8 Å². The van der Waals surface area contributed by atoms with Gasteiger partial charge < -0.3 is 9.73 Å². The highest BCUT2D eigenvalue weighted by atomic mass is 32.2. The number of likely N-dealkylation sites (tertiary alicyclic amines) is 1. The molecule has 2 saturated heterocycles. The summed E-state index contributed by atoms with van der Waals surface area (Å²) in [7, 11) is -3.21. The second kappa shape index (κ2) is 7.97. The van der Waals surface area contributed by atoms with Crippen molar-refractivity contribution in [3.05, 3.63) is 54.0 Å². The van der Waals surface area contributed by atoms with Gasteiger partial charge in [0.05, 0.1) is 23.7 Å². The number of benzene rings is 1. The van der Waals surface area contributed by atoms with E-state index in [2.05, 4.69) is 10.2 Å². The minimum absolute atomic E-state index is 0.0236. The van der Waals surface area contributed by atoms with Crippen molar-refractivity contribution in [2.24, 2.45) is 0 Å². The topological polar surface area (TPSA) is 82.9 Å². The third-order valence-corrected chi connectivity index (χ3v) is 7.30. The van der Waals surface area contributed by atoms with Gasteiger partial charge in [-0.15, -0.1) is 0 Å². The summed E-state index contributed by atoms with van der Waals surface area (Å²) in [4.78, 5) is 14.9. The molecule has 0 unspecified atom stereocenters. The van der Waals surface area contributed by atoms with Crippen molar-refractivity contribution < 1.29 is 17.6 Å². The molecule has 28 heavy (non-hydrogen) atoms. The molecule has 1 aromatic carbocycles. The zero-order valence-corrected chi connectivity index (χ0v) is 16.5. The predicted octanol–water partition coefficient (Wildman–Crippen LogP) is 2.39. The SMILES string of the molecule is O=C(NC[C@@H](c1ccco1)N1CCCC1)c1ccc(N2CCCS2(=O)=O)cc1. The van der Waals surface area contributed by atoms with E-state index in [1.165, 1.54) is 4.31 Å². The fraction of sp³-hybridized carbons (Fsp3) is 0.450. The Kier molecular flexibility index (Phi) is 5.41. The molecule has 1 aromatic heterocycles. The number of carbonyl (C=O) groups is 1. The van der Waals surface area contributed by atoms with Gasteiger partial charge >= 0.3 is 0 Å². The van der Waals surface area contributed by atoms with Crippen molar-refractivity contribution in [3.63, 3.8) is 0 Å². The van der Waals surface area contributed by atoms with E-state index >= 15 is 0 Å². The lowest BCUT2D eigenvalue weighted by molar-refractivity contribution is 0.0934. The molecule has 1 amide bonds. The summed E-state index contributed by atoms with van der Waals surface area (Å²) in [5, 5.41) is 3.00. The Morgan fingerprint density at radius 2 is 1.82 bits per heavy atom. The van der Waals surface area contributed by atoms with Crippen molar-refractivity contribution >= 4 is 21.6 Å². The number of amides is 1. The molecule has 4 rings (SSSR count). The Bertz CT molecular complexity index is 903. The molecule has 3 heterocycles. The van der Waals surface area contributed by atoms with Crippen LogP contribution in [0.2, 0.25) is 0 Å². The number of nitrogens with zero attached hydrogens (tertiary/aromatic N) is 2. The van der Waals surface area contributed by atoms with Gasteiger partial charge in [0.2, 0.25) is 10.0 Å². The van der Waals surface area contributed by atoms with Crippen LogP contribution in [-0.4, -0.2) is 51.2 Å². The largest absolute Gasteiger partial charge is 0.468 e. The predicted molar refractivity (Wildman–Crippen MR) is 107 cm³/mol. The number of hydrogen-bond acceptors (Lipinski definition) is 5. The summed E-state index contributed by atoms with van der Waals surface area (Å²) >= 11 is 0.